The molecule has 0 amide bonds. The number of carbonyl (C=O) groups is 1. The van der Waals surface area contributed by atoms with Crippen LogP contribution < -0.4 is 0 Å². The van der Waals surface area contributed by atoms with Gasteiger partial charge in [-0.1, -0.05) is 30.3 Å². The van der Waals surface area contributed by atoms with Crippen molar-refractivity contribution in [2.45, 2.75) is 6.04 Å². The van der Waals surface area contributed by atoms with Crippen molar-refractivity contribution in [3.05, 3.63) is 51.6 Å². The molecule has 0 fully saturated rings. The predicted octanol–water partition coefficient (Wildman–Crippen LogP) is 1.60. The maximum Gasteiger partial charge on any atom is 0.299 e. The third-order valence-corrected chi connectivity index (χ3v) is 2.20. The molecule has 14 heavy (non-hydrogen) atoms. The van der Waals surface area contributed by atoms with Crippen molar-refractivity contribution in [2.24, 2.45) is 0 Å². The highest BCUT2D eigenvalue weighted by Gasteiger charge is 2.33. The summed E-state index contributed by atoms with van der Waals surface area (Å²) in [6, 6.07) is 5.63. The van der Waals surface area contributed by atoms with Crippen LogP contribution in [0.4, 0.5) is 0 Å². The molecule has 0 aliphatic heterocycles. The number of hydrogen-bond donors (Lipinski definition) is 0. The molecule has 1 aromatic rings. The fraction of sp³-hybridized carbons (Fsp3) is 0.100. The summed E-state index contributed by atoms with van der Waals surface area (Å²) in [4.78, 5) is 21.4. The molecular weight excluding hydrogens is 182 g/mol. The molecule has 1 aromatic carbocycles. The number of carbonyl (C=O) groups excluding carboxylic acids is 1. The van der Waals surface area contributed by atoms with E-state index in [1.54, 1.807) is 30.3 Å². The second kappa shape index (κ2) is 3.06. The summed E-state index contributed by atoms with van der Waals surface area (Å²) in [5.74, 6) is -0.464. The predicted molar refractivity (Wildman–Crippen MR) is 50.2 cm³/mol. The van der Waals surface area contributed by atoms with E-state index >= 15 is 0 Å². The Labute approximate surface area is 80.0 Å². The minimum Gasteiger partial charge on any atom is -0.287 e. The van der Waals surface area contributed by atoms with Crippen LogP contribution in [-0.2, 0) is 4.79 Å². The smallest absolute Gasteiger partial charge is 0.287 e. The lowest BCUT2D eigenvalue weighted by Crippen LogP contribution is -2.22. The zero-order valence-electron chi connectivity index (χ0n) is 7.21. The Morgan fingerprint density at radius 2 is 1.93 bits per heavy atom. The zero-order valence-corrected chi connectivity index (χ0v) is 7.21. The van der Waals surface area contributed by atoms with E-state index in [0.717, 1.165) is 5.56 Å². The standard InChI is InChI=1S/C10H7NO3/c12-9-6-5-7-3-1-2-4-8(7)10(9)11(13)14/h1-6,10H. The van der Waals surface area contributed by atoms with E-state index in [4.69, 9.17) is 0 Å². The molecule has 0 N–H and O–H groups in total. The van der Waals surface area contributed by atoms with Crippen LogP contribution in [0, 0.1) is 10.1 Å². The zero-order chi connectivity index (χ0) is 10.1. The number of hydrogen-bond acceptors (Lipinski definition) is 3. The Kier molecular flexibility index (Phi) is 1.89. The summed E-state index contributed by atoms with van der Waals surface area (Å²) >= 11 is 0. The van der Waals surface area contributed by atoms with Gasteiger partial charge in [-0.15, -0.1) is 0 Å². The first-order valence-electron chi connectivity index (χ1n) is 4.14. The van der Waals surface area contributed by atoms with Crippen LogP contribution >= 0.6 is 0 Å². The molecule has 1 aliphatic rings. The quantitative estimate of drug-likeness (QED) is 0.498. The molecule has 0 spiro atoms. The lowest BCUT2D eigenvalue weighted by Gasteiger charge is -2.13. The average Bonchev–Trinajstić information content (AvgIpc) is 2.17. The van der Waals surface area contributed by atoms with Crippen molar-refractivity contribution in [1.82, 2.24) is 0 Å². The van der Waals surface area contributed by atoms with Gasteiger partial charge in [0.2, 0.25) is 5.78 Å². The SMILES string of the molecule is O=C1C=Cc2ccccc2C1[N+](=O)[O-]. The maximum absolute atomic E-state index is 11.3. The van der Waals surface area contributed by atoms with Gasteiger partial charge in [0.15, 0.2) is 0 Å². The van der Waals surface area contributed by atoms with Gasteiger partial charge >= 0.3 is 0 Å². The maximum atomic E-state index is 11.3. The number of fused-ring (bicyclic) bond motifs is 1. The largest absolute Gasteiger partial charge is 0.299 e. The van der Waals surface area contributed by atoms with Crippen LogP contribution in [0.5, 0.6) is 0 Å². The van der Waals surface area contributed by atoms with E-state index in [1.165, 1.54) is 6.08 Å². The van der Waals surface area contributed by atoms with Gasteiger partial charge in [0.1, 0.15) is 0 Å². The van der Waals surface area contributed by atoms with Crippen LogP contribution in [0.2, 0.25) is 0 Å². The molecule has 0 aromatic heterocycles. The van der Waals surface area contributed by atoms with Gasteiger partial charge in [0.25, 0.3) is 6.04 Å². The topological polar surface area (TPSA) is 60.2 Å². The van der Waals surface area contributed by atoms with Gasteiger partial charge in [0.05, 0.1) is 0 Å². The summed E-state index contributed by atoms with van der Waals surface area (Å²) in [7, 11) is 0. The molecule has 2 rings (SSSR count). The highest BCUT2D eigenvalue weighted by Crippen LogP contribution is 2.27. The van der Waals surface area contributed by atoms with Crippen LogP contribution in [0.15, 0.2) is 30.3 Å². The van der Waals surface area contributed by atoms with E-state index in [0.29, 0.717) is 5.56 Å². The van der Waals surface area contributed by atoms with E-state index in [2.05, 4.69) is 0 Å². The summed E-state index contributed by atoms with van der Waals surface area (Å²) in [6.45, 7) is 0. The first kappa shape index (κ1) is 8.62. The normalized spacial score (nSPS) is 19.1. The van der Waals surface area contributed by atoms with Crippen LogP contribution in [0.25, 0.3) is 6.08 Å². The van der Waals surface area contributed by atoms with Crippen molar-refractivity contribution in [3.63, 3.8) is 0 Å². The van der Waals surface area contributed by atoms with Crippen molar-refractivity contribution in [3.8, 4) is 0 Å². The Balaban J connectivity index is 2.59. The minimum absolute atomic E-state index is 0.464. The van der Waals surface area contributed by atoms with Gasteiger partial charge in [-0.2, -0.15) is 0 Å². The highest BCUT2D eigenvalue weighted by molar-refractivity contribution is 6.00. The molecule has 1 unspecified atom stereocenters. The van der Waals surface area contributed by atoms with Crippen LogP contribution in [-0.4, -0.2) is 10.7 Å². The summed E-state index contributed by atoms with van der Waals surface area (Å²) < 4.78 is 0. The third kappa shape index (κ3) is 1.21. The fourth-order valence-corrected chi connectivity index (χ4v) is 1.55. The number of nitro groups is 1. The van der Waals surface area contributed by atoms with Gasteiger partial charge in [0, 0.05) is 10.5 Å². The Morgan fingerprint density at radius 1 is 1.21 bits per heavy atom. The second-order valence-corrected chi connectivity index (χ2v) is 3.05. The fourth-order valence-electron chi connectivity index (χ4n) is 1.55. The Morgan fingerprint density at radius 3 is 2.64 bits per heavy atom. The molecular formula is C10H7NO3. The van der Waals surface area contributed by atoms with Crippen molar-refractivity contribution >= 4 is 11.9 Å². The van der Waals surface area contributed by atoms with Crippen molar-refractivity contribution < 1.29 is 9.72 Å². The molecule has 4 nitrogen and oxygen atoms in total. The molecule has 0 bridgehead atoms. The summed E-state index contributed by atoms with van der Waals surface area (Å²) in [5, 5.41) is 10.7. The summed E-state index contributed by atoms with van der Waals surface area (Å²) in [6.07, 6.45) is 2.87. The molecule has 0 radical (unpaired) electrons. The van der Waals surface area contributed by atoms with Gasteiger partial charge in [-0.05, 0) is 11.6 Å². The van der Waals surface area contributed by atoms with Gasteiger partial charge < -0.3 is 0 Å². The van der Waals surface area contributed by atoms with E-state index in [-0.39, 0.29) is 0 Å². The lowest BCUT2D eigenvalue weighted by molar-refractivity contribution is -0.512. The second-order valence-electron chi connectivity index (χ2n) is 3.05. The van der Waals surface area contributed by atoms with E-state index in [1.807, 2.05) is 0 Å². The molecule has 1 atom stereocenters. The third-order valence-electron chi connectivity index (χ3n) is 2.20. The molecule has 0 heterocycles. The number of benzene rings is 1. The highest BCUT2D eigenvalue weighted by atomic mass is 16.6. The lowest BCUT2D eigenvalue weighted by atomic mass is 9.92. The Hall–Kier alpha value is -1.97. The van der Waals surface area contributed by atoms with E-state index in [9.17, 15) is 14.9 Å². The Bertz CT molecular complexity index is 437. The number of rotatable bonds is 1. The molecule has 0 saturated heterocycles. The first-order chi connectivity index (χ1) is 6.70. The molecule has 70 valence electrons. The minimum atomic E-state index is -1.23. The van der Waals surface area contributed by atoms with Crippen LogP contribution in [0.3, 0.4) is 0 Å². The molecule has 0 saturated carbocycles. The van der Waals surface area contributed by atoms with Crippen molar-refractivity contribution in [2.75, 3.05) is 0 Å². The summed E-state index contributed by atoms with van der Waals surface area (Å²) in [5.41, 5.74) is 1.22. The molecule has 1 aliphatic carbocycles. The van der Waals surface area contributed by atoms with Crippen LogP contribution in [0.1, 0.15) is 17.2 Å². The number of ketones is 1. The first-order valence-corrected chi connectivity index (χ1v) is 4.14. The van der Waals surface area contributed by atoms with Gasteiger partial charge in [-0.25, -0.2) is 0 Å². The monoisotopic (exact) mass is 189 g/mol. The van der Waals surface area contributed by atoms with Gasteiger partial charge in [-0.3, -0.25) is 14.9 Å². The average molecular weight is 189 g/mol. The molecule has 4 heteroatoms. The van der Waals surface area contributed by atoms with E-state index < -0.39 is 16.7 Å². The number of nitrogens with zero attached hydrogens (tertiary/aromatic N) is 1. The van der Waals surface area contributed by atoms with Crippen molar-refractivity contribution in [1.29, 1.82) is 0 Å².